The predicted molar refractivity (Wildman–Crippen MR) is 124 cm³/mol. The number of carbonyl (C=O) groups is 1. The Kier molecular flexibility index (Phi) is 7.31. The molecule has 1 unspecified atom stereocenters. The second kappa shape index (κ2) is 10.0. The zero-order valence-electron chi connectivity index (χ0n) is 17.9. The number of thioether (sulfide) groups is 1. The summed E-state index contributed by atoms with van der Waals surface area (Å²) in [6, 6.07) is 7.02. The van der Waals surface area contributed by atoms with Crippen LogP contribution >= 0.6 is 23.4 Å². The number of benzene rings is 1. The minimum absolute atomic E-state index is 0.0223. The lowest BCUT2D eigenvalue weighted by molar-refractivity contribution is -0.132. The Bertz CT molecular complexity index is 1050. The number of halogens is 1. The third-order valence-corrected chi connectivity index (χ3v) is 9.05. The van der Waals surface area contributed by atoms with Crippen molar-refractivity contribution in [2.24, 2.45) is 7.05 Å². The maximum Gasteiger partial charge on any atom is 0.233 e. The fourth-order valence-corrected chi connectivity index (χ4v) is 7.00. The predicted octanol–water partition coefficient (Wildman–Crippen LogP) is 3.10. The monoisotopic (exact) mass is 498 g/mol. The van der Waals surface area contributed by atoms with E-state index in [4.69, 9.17) is 16.3 Å². The lowest BCUT2D eigenvalue weighted by Gasteiger charge is -2.34. The number of ether oxygens (including phenoxy) is 1. The highest BCUT2D eigenvalue weighted by Gasteiger charge is 2.39. The standard InChI is InChI=1S/C21H27ClN4O4S2/c1-25-19(12-30-18-8-6-15(22)7-9-18)23-24-21(25)31-13-20(27)26(16-4-2-3-5-16)17-10-11-32(28,29)14-17/h6-9,16-17H,2-5,10-14H2,1H3. The van der Waals surface area contributed by atoms with Crippen molar-refractivity contribution >= 4 is 39.1 Å². The summed E-state index contributed by atoms with van der Waals surface area (Å²) < 4.78 is 31.6. The largest absolute Gasteiger partial charge is 0.486 e. The average molecular weight is 499 g/mol. The Labute approximate surface area is 197 Å². The van der Waals surface area contributed by atoms with E-state index in [-0.39, 0.29) is 41.9 Å². The van der Waals surface area contributed by atoms with Crippen LogP contribution in [0.4, 0.5) is 0 Å². The van der Waals surface area contributed by atoms with Crippen LogP contribution in [0.15, 0.2) is 29.4 Å². The number of rotatable bonds is 8. The molecule has 2 heterocycles. The fourth-order valence-electron chi connectivity index (χ4n) is 4.36. The maximum absolute atomic E-state index is 13.2. The molecule has 1 aliphatic heterocycles. The van der Waals surface area contributed by atoms with Crippen LogP contribution in [0.5, 0.6) is 5.75 Å². The number of hydrogen-bond acceptors (Lipinski definition) is 7. The molecule has 174 valence electrons. The summed E-state index contributed by atoms with van der Waals surface area (Å²) in [6.45, 7) is 0.244. The van der Waals surface area contributed by atoms with Gasteiger partial charge in [0.05, 0.1) is 17.3 Å². The maximum atomic E-state index is 13.2. The van der Waals surface area contributed by atoms with Gasteiger partial charge in [-0.05, 0) is 43.5 Å². The van der Waals surface area contributed by atoms with Crippen molar-refractivity contribution in [3.63, 3.8) is 0 Å². The Morgan fingerprint density at radius 3 is 2.56 bits per heavy atom. The van der Waals surface area contributed by atoms with E-state index in [1.165, 1.54) is 11.8 Å². The zero-order valence-corrected chi connectivity index (χ0v) is 20.3. The SMILES string of the molecule is Cn1c(COc2ccc(Cl)cc2)nnc1SCC(=O)N(C1CCCC1)C1CCS(=O)(=O)C1. The van der Waals surface area contributed by atoms with E-state index in [1.807, 2.05) is 16.5 Å². The van der Waals surface area contributed by atoms with Crippen LogP contribution in [0.2, 0.25) is 5.02 Å². The van der Waals surface area contributed by atoms with Crippen molar-refractivity contribution in [2.45, 2.75) is 56.0 Å². The molecule has 0 radical (unpaired) electrons. The Balaban J connectivity index is 1.37. The van der Waals surface area contributed by atoms with Crippen LogP contribution in [0.1, 0.15) is 37.9 Å². The molecule has 1 amide bonds. The van der Waals surface area contributed by atoms with Gasteiger partial charge < -0.3 is 14.2 Å². The molecular formula is C21H27ClN4O4S2. The Morgan fingerprint density at radius 2 is 1.91 bits per heavy atom. The highest BCUT2D eigenvalue weighted by atomic mass is 35.5. The lowest BCUT2D eigenvalue weighted by Crippen LogP contribution is -2.47. The number of hydrogen-bond donors (Lipinski definition) is 0. The topological polar surface area (TPSA) is 94.4 Å². The highest BCUT2D eigenvalue weighted by molar-refractivity contribution is 7.99. The molecule has 1 aliphatic carbocycles. The van der Waals surface area contributed by atoms with E-state index < -0.39 is 9.84 Å². The van der Waals surface area contributed by atoms with E-state index in [2.05, 4.69) is 10.2 Å². The minimum atomic E-state index is -3.05. The molecule has 11 heteroatoms. The van der Waals surface area contributed by atoms with Crippen LogP contribution < -0.4 is 4.74 Å². The fraction of sp³-hybridized carbons (Fsp3) is 0.571. The number of aromatic nitrogens is 3. The third kappa shape index (κ3) is 5.58. The van der Waals surface area contributed by atoms with Gasteiger partial charge >= 0.3 is 0 Å². The second-order valence-corrected chi connectivity index (χ2v) is 11.9. The van der Waals surface area contributed by atoms with Crippen molar-refractivity contribution < 1.29 is 17.9 Å². The third-order valence-electron chi connectivity index (χ3n) is 6.04. The molecule has 0 N–H and O–H groups in total. The van der Waals surface area contributed by atoms with Gasteiger partial charge in [0.25, 0.3) is 0 Å². The van der Waals surface area contributed by atoms with Gasteiger partial charge in [0.1, 0.15) is 12.4 Å². The van der Waals surface area contributed by atoms with Gasteiger partial charge in [-0.3, -0.25) is 4.79 Å². The van der Waals surface area contributed by atoms with Crippen molar-refractivity contribution in [2.75, 3.05) is 17.3 Å². The highest BCUT2D eigenvalue weighted by Crippen LogP contribution is 2.30. The number of sulfone groups is 1. The van der Waals surface area contributed by atoms with E-state index >= 15 is 0 Å². The molecule has 32 heavy (non-hydrogen) atoms. The molecule has 1 aromatic carbocycles. The summed E-state index contributed by atoms with van der Waals surface area (Å²) >= 11 is 7.21. The van der Waals surface area contributed by atoms with Gasteiger partial charge in [-0.1, -0.05) is 36.2 Å². The molecule has 1 atom stereocenters. The summed E-state index contributed by atoms with van der Waals surface area (Å²) in [5.41, 5.74) is 0. The van der Waals surface area contributed by atoms with E-state index in [9.17, 15) is 13.2 Å². The molecule has 8 nitrogen and oxygen atoms in total. The first-order valence-corrected chi connectivity index (χ1v) is 13.9. The second-order valence-electron chi connectivity index (χ2n) is 8.29. The summed E-state index contributed by atoms with van der Waals surface area (Å²) in [4.78, 5) is 15.0. The van der Waals surface area contributed by atoms with Gasteiger partial charge in [-0.25, -0.2) is 8.42 Å². The van der Waals surface area contributed by atoms with Crippen LogP contribution in [-0.2, 0) is 28.3 Å². The van der Waals surface area contributed by atoms with Crippen LogP contribution in [-0.4, -0.2) is 63.3 Å². The van der Waals surface area contributed by atoms with Gasteiger partial charge in [-0.15, -0.1) is 10.2 Å². The molecule has 1 aromatic heterocycles. The van der Waals surface area contributed by atoms with Crippen molar-refractivity contribution in [3.05, 3.63) is 35.1 Å². The number of carbonyl (C=O) groups excluding carboxylic acids is 1. The van der Waals surface area contributed by atoms with Crippen molar-refractivity contribution in [1.29, 1.82) is 0 Å². The summed E-state index contributed by atoms with van der Waals surface area (Å²) in [7, 11) is -1.22. The first kappa shape index (κ1) is 23.4. The molecule has 0 spiro atoms. The quantitative estimate of drug-likeness (QED) is 0.516. The molecule has 2 fully saturated rings. The Hall–Kier alpha value is -1.78. The molecule has 1 saturated heterocycles. The van der Waals surface area contributed by atoms with Crippen LogP contribution in [0.25, 0.3) is 0 Å². The Morgan fingerprint density at radius 1 is 1.19 bits per heavy atom. The van der Waals surface area contributed by atoms with Crippen LogP contribution in [0.3, 0.4) is 0 Å². The lowest BCUT2D eigenvalue weighted by atomic mass is 10.1. The minimum Gasteiger partial charge on any atom is -0.486 e. The number of amides is 1. The van der Waals surface area contributed by atoms with Gasteiger partial charge in [-0.2, -0.15) is 0 Å². The van der Waals surface area contributed by atoms with Crippen molar-refractivity contribution in [3.8, 4) is 5.75 Å². The first-order chi connectivity index (χ1) is 15.3. The van der Waals surface area contributed by atoms with Gasteiger partial charge in [0, 0.05) is 24.2 Å². The smallest absolute Gasteiger partial charge is 0.233 e. The molecule has 2 aliphatic rings. The normalized spacial score (nSPS) is 20.5. The van der Waals surface area contributed by atoms with E-state index in [0.29, 0.717) is 28.2 Å². The van der Waals surface area contributed by atoms with E-state index in [1.54, 1.807) is 24.3 Å². The van der Waals surface area contributed by atoms with Gasteiger partial charge in [0.2, 0.25) is 5.91 Å². The first-order valence-electron chi connectivity index (χ1n) is 10.7. The van der Waals surface area contributed by atoms with E-state index in [0.717, 1.165) is 25.7 Å². The summed E-state index contributed by atoms with van der Waals surface area (Å²) in [6.07, 6.45) is 4.60. The summed E-state index contributed by atoms with van der Waals surface area (Å²) in [5.74, 6) is 1.75. The zero-order chi connectivity index (χ0) is 22.7. The van der Waals surface area contributed by atoms with Gasteiger partial charge in [0.15, 0.2) is 20.8 Å². The average Bonchev–Trinajstić information content (AvgIpc) is 3.48. The van der Waals surface area contributed by atoms with Crippen molar-refractivity contribution in [1.82, 2.24) is 19.7 Å². The number of nitrogens with zero attached hydrogens (tertiary/aromatic N) is 4. The van der Waals surface area contributed by atoms with Crippen LogP contribution in [0, 0.1) is 0 Å². The molecular weight excluding hydrogens is 472 g/mol. The molecule has 4 rings (SSSR count). The summed E-state index contributed by atoms with van der Waals surface area (Å²) in [5, 5.41) is 9.65. The molecule has 1 saturated carbocycles. The molecule has 2 aromatic rings. The molecule has 0 bridgehead atoms.